The van der Waals surface area contributed by atoms with Gasteiger partial charge in [-0.3, -0.25) is 4.79 Å². The Morgan fingerprint density at radius 3 is 2.60 bits per heavy atom. The third kappa shape index (κ3) is 2.01. The molecule has 2 atom stereocenters. The minimum Gasteiger partial charge on any atom is -0.356 e. The summed E-state index contributed by atoms with van der Waals surface area (Å²) in [7, 11) is 0. The summed E-state index contributed by atoms with van der Waals surface area (Å²) >= 11 is 0. The summed E-state index contributed by atoms with van der Waals surface area (Å²) in [6, 6.07) is 6.40. The van der Waals surface area contributed by atoms with Gasteiger partial charge in [0.1, 0.15) is 5.82 Å². The molecule has 0 radical (unpaired) electrons. The maximum atomic E-state index is 12.7. The van der Waals surface area contributed by atoms with Crippen LogP contribution in [-0.2, 0) is 4.79 Å². The van der Waals surface area contributed by atoms with Crippen LogP contribution in [0.1, 0.15) is 24.8 Å². The largest absolute Gasteiger partial charge is 0.356 e. The fraction of sp³-hybridized carbons (Fsp3) is 0.417. The molecule has 2 nitrogen and oxygen atoms in total. The summed E-state index contributed by atoms with van der Waals surface area (Å²) in [5.74, 6) is 0.0807. The number of amides is 1. The van der Waals surface area contributed by atoms with Crippen LogP contribution in [0.2, 0.25) is 0 Å². The normalized spacial score (nSPS) is 22.5. The van der Waals surface area contributed by atoms with Gasteiger partial charge in [-0.15, -0.1) is 0 Å². The first-order valence-electron chi connectivity index (χ1n) is 5.21. The first kappa shape index (κ1) is 10.1. The first-order valence-corrected chi connectivity index (χ1v) is 5.21. The van der Waals surface area contributed by atoms with E-state index in [9.17, 15) is 9.18 Å². The molecule has 3 heteroatoms. The average Bonchev–Trinajstić information content (AvgIpc) is 2.65. The number of hydrogen-bond acceptors (Lipinski definition) is 1. The first-order chi connectivity index (χ1) is 7.18. The van der Waals surface area contributed by atoms with E-state index in [-0.39, 0.29) is 23.6 Å². The molecule has 1 heterocycles. The Kier molecular flexibility index (Phi) is 2.71. The van der Waals surface area contributed by atoms with Crippen molar-refractivity contribution in [2.45, 2.75) is 19.3 Å². The third-order valence-electron chi connectivity index (χ3n) is 3.09. The SMILES string of the molecule is C[C@H](c1ccc(F)cc1)C1CCNC1=O. The predicted octanol–water partition coefficient (Wildman–Crippen LogP) is 2.07. The van der Waals surface area contributed by atoms with E-state index >= 15 is 0 Å². The molecule has 1 N–H and O–H groups in total. The van der Waals surface area contributed by atoms with Gasteiger partial charge in [-0.1, -0.05) is 19.1 Å². The van der Waals surface area contributed by atoms with Crippen molar-refractivity contribution in [3.05, 3.63) is 35.6 Å². The molecule has 0 aromatic heterocycles. The van der Waals surface area contributed by atoms with Crippen molar-refractivity contribution in [2.75, 3.05) is 6.54 Å². The number of carbonyl (C=O) groups is 1. The van der Waals surface area contributed by atoms with Crippen LogP contribution in [0.4, 0.5) is 4.39 Å². The van der Waals surface area contributed by atoms with Crippen molar-refractivity contribution in [1.29, 1.82) is 0 Å². The summed E-state index contributed by atoms with van der Waals surface area (Å²) in [6.45, 7) is 2.78. The van der Waals surface area contributed by atoms with Crippen molar-refractivity contribution < 1.29 is 9.18 Å². The highest BCUT2D eigenvalue weighted by Gasteiger charge is 2.30. The molecule has 1 aliphatic heterocycles. The highest BCUT2D eigenvalue weighted by molar-refractivity contribution is 5.81. The van der Waals surface area contributed by atoms with E-state index in [1.807, 2.05) is 6.92 Å². The lowest BCUT2D eigenvalue weighted by Gasteiger charge is -2.16. The Morgan fingerprint density at radius 2 is 2.07 bits per heavy atom. The monoisotopic (exact) mass is 207 g/mol. The molecule has 0 spiro atoms. The molecule has 80 valence electrons. The Morgan fingerprint density at radius 1 is 1.40 bits per heavy atom. The zero-order chi connectivity index (χ0) is 10.8. The molecule has 15 heavy (non-hydrogen) atoms. The molecule has 2 rings (SSSR count). The molecule has 1 aromatic carbocycles. The second-order valence-corrected chi connectivity index (χ2v) is 4.03. The Labute approximate surface area is 88.5 Å². The van der Waals surface area contributed by atoms with Crippen molar-refractivity contribution in [2.24, 2.45) is 5.92 Å². The van der Waals surface area contributed by atoms with Gasteiger partial charge < -0.3 is 5.32 Å². The fourth-order valence-electron chi connectivity index (χ4n) is 2.09. The number of benzene rings is 1. The molecule has 0 aliphatic carbocycles. The van der Waals surface area contributed by atoms with Gasteiger partial charge in [0, 0.05) is 12.5 Å². The molecule has 0 bridgehead atoms. The van der Waals surface area contributed by atoms with Crippen LogP contribution >= 0.6 is 0 Å². The molecule has 1 aliphatic rings. The third-order valence-corrected chi connectivity index (χ3v) is 3.09. The van der Waals surface area contributed by atoms with Crippen LogP contribution in [0, 0.1) is 11.7 Å². The molecule has 1 unspecified atom stereocenters. The minimum atomic E-state index is -0.234. The van der Waals surface area contributed by atoms with Crippen LogP contribution in [0.5, 0.6) is 0 Å². The lowest BCUT2D eigenvalue weighted by atomic mass is 9.86. The van der Waals surface area contributed by atoms with Gasteiger partial charge >= 0.3 is 0 Å². The Balaban J connectivity index is 2.16. The van der Waals surface area contributed by atoms with Crippen LogP contribution < -0.4 is 5.32 Å². The van der Waals surface area contributed by atoms with Crippen molar-refractivity contribution in [1.82, 2.24) is 5.32 Å². The summed E-state index contributed by atoms with van der Waals surface area (Å²) in [6.07, 6.45) is 0.872. The van der Waals surface area contributed by atoms with E-state index in [1.165, 1.54) is 12.1 Å². The van der Waals surface area contributed by atoms with Crippen molar-refractivity contribution in [3.8, 4) is 0 Å². The number of hydrogen-bond donors (Lipinski definition) is 1. The lowest BCUT2D eigenvalue weighted by molar-refractivity contribution is -0.122. The average molecular weight is 207 g/mol. The highest BCUT2D eigenvalue weighted by Crippen LogP contribution is 2.29. The Bertz CT molecular complexity index is 360. The van der Waals surface area contributed by atoms with Crippen molar-refractivity contribution >= 4 is 5.91 Å². The Hall–Kier alpha value is -1.38. The number of nitrogens with one attached hydrogen (secondary N) is 1. The smallest absolute Gasteiger partial charge is 0.223 e. The topological polar surface area (TPSA) is 29.1 Å². The highest BCUT2D eigenvalue weighted by atomic mass is 19.1. The van der Waals surface area contributed by atoms with Gasteiger partial charge in [0.2, 0.25) is 5.91 Å². The zero-order valence-electron chi connectivity index (χ0n) is 8.66. The summed E-state index contributed by atoms with van der Waals surface area (Å²) in [5, 5.41) is 2.82. The maximum absolute atomic E-state index is 12.7. The molecule has 1 amide bonds. The number of halogens is 1. The summed E-state index contributed by atoms with van der Waals surface area (Å²) in [5.41, 5.74) is 1.03. The summed E-state index contributed by atoms with van der Waals surface area (Å²) < 4.78 is 12.7. The lowest BCUT2D eigenvalue weighted by Crippen LogP contribution is -2.22. The zero-order valence-corrected chi connectivity index (χ0v) is 8.66. The van der Waals surface area contributed by atoms with E-state index in [4.69, 9.17) is 0 Å². The van der Waals surface area contributed by atoms with Gasteiger partial charge in [-0.25, -0.2) is 4.39 Å². The van der Waals surface area contributed by atoms with Gasteiger partial charge in [0.25, 0.3) is 0 Å². The fourth-order valence-corrected chi connectivity index (χ4v) is 2.09. The standard InChI is InChI=1S/C12H14FNO/c1-8(11-6-7-14-12(11)15)9-2-4-10(13)5-3-9/h2-5,8,11H,6-7H2,1H3,(H,14,15)/t8-,11?/m1/s1. The van der Waals surface area contributed by atoms with Gasteiger partial charge in [0.15, 0.2) is 0 Å². The molecule has 1 saturated heterocycles. The van der Waals surface area contributed by atoms with E-state index in [0.29, 0.717) is 0 Å². The maximum Gasteiger partial charge on any atom is 0.223 e. The van der Waals surface area contributed by atoms with E-state index < -0.39 is 0 Å². The second kappa shape index (κ2) is 4.01. The second-order valence-electron chi connectivity index (χ2n) is 4.03. The quantitative estimate of drug-likeness (QED) is 0.790. The molecule has 0 saturated carbocycles. The van der Waals surface area contributed by atoms with Crippen LogP contribution in [0.25, 0.3) is 0 Å². The van der Waals surface area contributed by atoms with Gasteiger partial charge in [-0.05, 0) is 30.0 Å². The number of carbonyl (C=O) groups excluding carboxylic acids is 1. The van der Waals surface area contributed by atoms with E-state index in [0.717, 1.165) is 18.5 Å². The minimum absolute atomic E-state index is 0.0375. The molecule has 1 fully saturated rings. The predicted molar refractivity (Wildman–Crippen MR) is 55.9 cm³/mol. The van der Waals surface area contributed by atoms with E-state index in [2.05, 4.69) is 5.32 Å². The van der Waals surface area contributed by atoms with Gasteiger partial charge in [0.05, 0.1) is 0 Å². The van der Waals surface area contributed by atoms with E-state index in [1.54, 1.807) is 12.1 Å². The summed E-state index contributed by atoms with van der Waals surface area (Å²) in [4.78, 5) is 11.5. The van der Waals surface area contributed by atoms with Crippen LogP contribution in [-0.4, -0.2) is 12.5 Å². The molecule has 1 aromatic rings. The van der Waals surface area contributed by atoms with Crippen molar-refractivity contribution in [3.63, 3.8) is 0 Å². The van der Waals surface area contributed by atoms with Gasteiger partial charge in [-0.2, -0.15) is 0 Å². The molecular weight excluding hydrogens is 193 g/mol. The number of rotatable bonds is 2. The molecular formula is C12H14FNO. The van der Waals surface area contributed by atoms with Crippen LogP contribution in [0.15, 0.2) is 24.3 Å². The van der Waals surface area contributed by atoms with Crippen LogP contribution in [0.3, 0.4) is 0 Å².